The van der Waals surface area contributed by atoms with Gasteiger partial charge in [0.25, 0.3) is 5.91 Å². The van der Waals surface area contributed by atoms with Crippen LogP contribution in [-0.4, -0.2) is 28.8 Å². The van der Waals surface area contributed by atoms with E-state index in [9.17, 15) is 22.8 Å². The summed E-state index contributed by atoms with van der Waals surface area (Å²) in [5, 5.41) is 8.51. The third kappa shape index (κ3) is 4.52. The smallest absolute Gasteiger partial charge is 0.435 e. The van der Waals surface area contributed by atoms with E-state index >= 15 is 0 Å². The molecule has 0 aromatic carbocycles. The van der Waals surface area contributed by atoms with Crippen LogP contribution in [0.15, 0.2) is 23.7 Å². The summed E-state index contributed by atoms with van der Waals surface area (Å²) in [4.78, 5) is 26.6. The number of carbonyl (C=O) groups is 2. The third-order valence-corrected chi connectivity index (χ3v) is 7.13. The zero-order valence-electron chi connectivity index (χ0n) is 16.4. The highest BCUT2D eigenvalue weighted by Gasteiger charge is 2.33. The first-order valence-electron chi connectivity index (χ1n) is 9.48. The van der Waals surface area contributed by atoms with Crippen LogP contribution in [-0.2, 0) is 30.3 Å². The Bertz CT molecular complexity index is 1130. The van der Waals surface area contributed by atoms with E-state index in [4.69, 9.17) is 4.74 Å². The number of hydrogen-bond donors (Lipinski definition) is 1. The predicted molar refractivity (Wildman–Crippen MR) is 111 cm³/mol. The van der Waals surface area contributed by atoms with Gasteiger partial charge in [0.1, 0.15) is 5.00 Å². The molecule has 0 bridgehead atoms. The molecular formula is C20H18F3N3O3S2. The summed E-state index contributed by atoms with van der Waals surface area (Å²) in [6.07, 6.45) is 0.422. The number of alkyl halides is 3. The molecular weight excluding hydrogens is 451 g/mol. The Hall–Kier alpha value is -2.66. The average Bonchev–Trinajstić information content (AvgIpc) is 3.45. The van der Waals surface area contributed by atoms with Gasteiger partial charge < -0.3 is 10.1 Å². The molecule has 6 nitrogen and oxygen atoms in total. The van der Waals surface area contributed by atoms with Gasteiger partial charge in [-0.3, -0.25) is 9.48 Å². The van der Waals surface area contributed by atoms with E-state index in [1.165, 1.54) is 40.7 Å². The lowest BCUT2D eigenvalue weighted by molar-refractivity contribution is -0.141. The lowest BCUT2D eigenvalue weighted by Crippen LogP contribution is -2.14. The van der Waals surface area contributed by atoms with Crippen molar-refractivity contribution in [3.8, 4) is 0 Å². The van der Waals surface area contributed by atoms with Gasteiger partial charge in [0.15, 0.2) is 5.69 Å². The molecule has 0 saturated heterocycles. The van der Waals surface area contributed by atoms with Crippen molar-refractivity contribution >= 4 is 39.6 Å². The molecule has 0 spiro atoms. The van der Waals surface area contributed by atoms with Crippen molar-refractivity contribution in [2.24, 2.45) is 0 Å². The van der Waals surface area contributed by atoms with E-state index in [-0.39, 0.29) is 12.5 Å². The first kappa shape index (κ1) is 21.6. The number of amides is 1. The minimum atomic E-state index is -4.50. The number of halogens is 3. The summed E-state index contributed by atoms with van der Waals surface area (Å²) in [5.41, 5.74) is 1.07. The van der Waals surface area contributed by atoms with Crippen LogP contribution in [0, 0.1) is 0 Å². The molecule has 1 aliphatic carbocycles. The predicted octanol–water partition coefficient (Wildman–Crippen LogP) is 4.99. The number of hydrogen-bond acceptors (Lipinski definition) is 6. The molecule has 3 heterocycles. The number of nitrogens with one attached hydrogen (secondary N) is 1. The van der Waals surface area contributed by atoms with Gasteiger partial charge in [-0.25, -0.2) is 4.79 Å². The lowest BCUT2D eigenvalue weighted by atomic mass is 9.95. The SMILES string of the molecule is COC(=O)c1c(NC(=O)c2cc(Cn3ccc(C(F)(F)F)n3)cs2)sc2c1CCCC2. The number of nitrogens with zero attached hydrogens (tertiary/aromatic N) is 2. The van der Waals surface area contributed by atoms with E-state index < -0.39 is 17.8 Å². The second-order valence-electron chi connectivity index (χ2n) is 7.08. The maximum atomic E-state index is 12.8. The third-order valence-electron chi connectivity index (χ3n) is 4.94. The van der Waals surface area contributed by atoms with E-state index in [1.54, 1.807) is 11.4 Å². The van der Waals surface area contributed by atoms with Crippen LogP contribution in [0.4, 0.5) is 18.2 Å². The minimum Gasteiger partial charge on any atom is -0.465 e. The number of anilines is 1. The van der Waals surface area contributed by atoms with Crippen molar-refractivity contribution < 1.29 is 27.5 Å². The van der Waals surface area contributed by atoms with Crippen LogP contribution >= 0.6 is 22.7 Å². The summed E-state index contributed by atoms with van der Waals surface area (Å²) in [6, 6.07) is 2.52. The number of esters is 1. The van der Waals surface area contributed by atoms with Crippen molar-refractivity contribution in [3.63, 3.8) is 0 Å². The Morgan fingerprint density at radius 1 is 1.29 bits per heavy atom. The Kier molecular flexibility index (Phi) is 5.89. The maximum Gasteiger partial charge on any atom is 0.435 e. The first-order chi connectivity index (χ1) is 14.8. The zero-order valence-corrected chi connectivity index (χ0v) is 18.0. The van der Waals surface area contributed by atoms with Crippen molar-refractivity contribution in [2.45, 2.75) is 38.4 Å². The fourth-order valence-corrected chi connectivity index (χ4v) is 5.57. The van der Waals surface area contributed by atoms with Gasteiger partial charge in [0, 0.05) is 11.1 Å². The highest BCUT2D eigenvalue weighted by Crippen LogP contribution is 2.39. The number of ether oxygens (including phenoxy) is 1. The number of rotatable bonds is 5. The molecule has 164 valence electrons. The van der Waals surface area contributed by atoms with Crippen molar-refractivity contribution in [3.05, 3.63) is 55.8 Å². The fourth-order valence-electron chi connectivity index (χ4n) is 3.50. The summed E-state index contributed by atoms with van der Waals surface area (Å²) in [5.74, 6) is -0.850. The standard InChI is InChI=1S/C20H18F3N3O3S2/c1-29-19(28)16-12-4-2-3-5-13(12)31-18(16)24-17(27)14-8-11(10-30-14)9-26-7-6-15(25-26)20(21,22)23/h6-8,10H,2-5,9H2,1H3,(H,24,27). The first-order valence-corrected chi connectivity index (χ1v) is 11.2. The number of aryl methyl sites for hydroxylation is 1. The molecule has 1 amide bonds. The topological polar surface area (TPSA) is 73.2 Å². The molecule has 0 fully saturated rings. The summed E-state index contributed by atoms with van der Waals surface area (Å²) >= 11 is 2.57. The van der Waals surface area contributed by atoms with E-state index in [0.29, 0.717) is 21.0 Å². The summed E-state index contributed by atoms with van der Waals surface area (Å²) < 4.78 is 44.2. The summed E-state index contributed by atoms with van der Waals surface area (Å²) in [7, 11) is 1.31. The van der Waals surface area contributed by atoms with Crippen molar-refractivity contribution in [1.82, 2.24) is 9.78 Å². The van der Waals surface area contributed by atoms with Gasteiger partial charge in [0.05, 0.1) is 24.1 Å². The summed E-state index contributed by atoms with van der Waals surface area (Å²) in [6.45, 7) is 0.112. The van der Waals surface area contributed by atoms with Crippen LogP contribution in [0.1, 0.15) is 54.6 Å². The second-order valence-corrected chi connectivity index (χ2v) is 9.09. The monoisotopic (exact) mass is 469 g/mol. The normalized spacial score (nSPS) is 13.7. The largest absolute Gasteiger partial charge is 0.465 e. The van der Waals surface area contributed by atoms with E-state index in [2.05, 4.69) is 10.4 Å². The Morgan fingerprint density at radius 3 is 2.77 bits per heavy atom. The van der Waals surface area contributed by atoms with Gasteiger partial charge in [-0.05, 0) is 54.3 Å². The molecule has 0 aliphatic heterocycles. The van der Waals surface area contributed by atoms with Crippen LogP contribution in [0.5, 0.6) is 0 Å². The number of methoxy groups -OCH3 is 1. The Balaban J connectivity index is 1.50. The van der Waals surface area contributed by atoms with E-state index in [1.807, 2.05) is 0 Å². The van der Waals surface area contributed by atoms with E-state index in [0.717, 1.165) is 42.2 Å². The van der Waals surface area contributed by atoms with Crippen LogP contribution < -0.4 is 5.32 Å². The molecule has 1 aliphatic rings. The molecule has 3 aromatic heterocycles. The average molecular weight is 470 g/mol. The maximum absolute atomic E-state index is 12.8. The highest BCUT2D eigenvalue weighted by molar-refractivity contribution is 7.17. The quantitative estimate of drug-likeness (QED) is 0.535. The minimum absolute atomic E-state index is 0.112. The van der Waals surface area contributed by atoms with Gasteiger partial charge in [0.2, 0.25) is 0 Å². The number of carbonyl (C=O) groups excluding carboxylic acids is 2. The molecule has 1 N–H and O–H groups in total. The van der Waals surface area contributed by atoms with Gasteiger partial charge in [-0.2, -0.15) is 18.3 Å². The second kappa shape index (κ2) is 8.46. The molecule has 31 heavy (non-hydrogen) atoms. The van der Waals surface area contributed by atoms with Crippen molar-refractivity contribution in [1.29, 1.82) is 0 Å². The van der Waals surface area contributed by atoms with Crippen LogP contribution in [0.2, 0.25) is 0 Å². The molecule has 0 saturated carbocycles. The molecule has 3 aromatic rings. The molecule has 0 atom stereocenters. The molecule has 11 heteroatoms. The van der Waals surface area contributed by atoms with Gasteiger partial charge >= 0.3 is 12.1 Å². The molecule has 0 radical (unpaired) electrons. The Morgan fingerprint density at radius 2 is 2.06 bits per heavy atom. The number of aromatic nitrogens is 2. The molecule has 4 rings (SSSR count). The Labute approximate surface area is 183 Å². The lowest BCUT2D eigenvalue weighted by Gasteiger charge is -2.11. The number of fused-ring (bicyclic) bond motifs is 1. The number of thiophene rings is 2. The van der Waals surface area contributed by atoms with Crippen LogP contribution in [0.3, 0.4) is 0 Å². The molecule has 0 unspecified atom stereocenters. The highest BCUT2D eigenvalue weighted by atomic mass is 32.1. The van der Waals surface area contributed by atoms with Gasteiger partial charge in [-0.1, -0.05) is 0 Å². The zero-order chi connectivity index (χ0) is 22.2. The fraction of sp³-hybridized carbons (Fsp3) is 0.350. The van der Waals surface area contributed by atoms with Crippen LogP contribution in [0.25, 0.3) is 0 Å². The van der Waals surface area contributed by atoms with Crippen molar-refractivity contribution in [2.75, 3.05) is 12.4 Å². The van der Waals surface area contributed by atoms with Gasteiger partial charge in [-0.15, -0.1) is 22.7 Å².